The van der Waals surface area contributed by atoms with Gasteiger partial charge in [-0.25, -0.2) is 17.6 Å². The molecule has 1 heterocycles. The number of sulfonamides is 1. The number of ether oxygens (including phenoxy) is 1. The van der Waals surface area contributed by atoms with Gasteiger partial charge in [0.2, 0.25) is 15.8 Å². The Hall–Kier alpha value is -4.62. The Morgan fingerprint density at radius 1 is 0.978 bits per heavy atom. The summed E-state index contributed by atoms with van der Waals surface area (Å²) in [5.41, 5.74) is 1.33. The summed E-state index contributed by atoms with van der Waals surface area (Å²) in [5, 5.41) is 16.2. The number of aromatic nitrogens is 2. The van der Waals surface area contributed by atoms with Gasteiger partial charge in [0, 0.05) is 11.3 Å². The highest BCUT2D eigenvalue weighted by Gasteiger charge is 2.27. The third-order valence-electron chi connectivity index (χ3n) is 6.54. The summed E-state index contributed by atoms with van der Waals surface area (Å²) in [6.07, 6.45) is -0.917. The number of hydrogen-bond donors (Lipinski definition) is 3. The highest BCUT2D eigenvalue weighted by Crippen LogP contribution is 2.27. The van der Waals surface area contributed by atoms with Gasteiger partial charge in [-0.2, -0.15) is 9.71 Å². The zero-order valence-electron chi connectivity index (χ0n) is 25.7. The van der Waals surface area contributed by atoms with Crippen LogP contribution in [-0.4, -0.2) is 47.4 Å². The van der Waals surface area contributed by atoms with Crippen molar-refractivity contribution >= 4 is 27.8 Å². The van der Waals surface area contributed by atoms with E-state index in [1.165, 1.54) is 24.3 Å². The van der Waals surface area contributed by atoms with Crippen molar-refractivity contribution in [3.8, 4) is 22.8 Å². The molecule has 0 saturated carbocycles. The van der Waals surface area contributed by atoms with Crippen molar-refractivity contribution < 1.29 is 36.8 Å². The maximum atomic E-state index is 15.2. The van der Waals surface area contributed by atoms with E-state index in [1.807, 2.05) is 20.8 Å². The van der Waals surface area contributed by atoms with Crippen LogP contribution in [0.4, 0.5) is 14.9 Å². The first-order valence-electron chi connectivity index (χ1n) is 14.0. The van der Waals surface area contributed by atoms with Crippen molar-refractivity contribution in [3.05, 3.63) is 83.7 Å². The fraction of sp³-hybridized carbons (Fsp3) is 0.312. The van der Waals surface area contributed by atoms with Gasteiger partial charge in [-0.3, -0.25) is 10.1 Å². The standard InChI is InChI=1S/C32H35FN4O7S/c1-31(2,3)21-10-14-23(15-11-21)45(41,42)37-26(29(38)39)18-19-7-16-24(25(33)17-19)27-35-28(44-36-27)20-8-12-22(13-9-20)34-30(40)43-32(4,5)6/h7-17,26,37H,18H2,1-6H3,(H,34,40)(H,38,39). The predicted molar refractivity (Wildman–Crippen MR) is 166 cm³/mol. The van der Waals surface area contributed by atoms with Crippen molar-refractivity contribution in [2.45, 2.75) is 69.9 Å². The van der Waals surface area contributed by atoms with Crippen LogP contribution < -0.4 is 10.0 Å². The number of amides is 1. The monoisotopic (exact) mass is 638 g/mol. The molecule has 0 aliphatic heterocycles. The Bertz CT molecular complexity index is 1790. The van der Waals surface area contributed by atoms with E-state index in [2.05, 4.69) is 20.2 Å². The van der Waals surface area contributed by atoms with Crippen molar-refractivity contribution in [1.29, 1.82) is 0 Å². The van der Waals surface area contributed by atoms with E-state index in [1.54, 1.807) is 57.2 Å². The Kier molecular flexibility index (Phi) is 9.45. The second-order valence-corrected chi connectivity index (χ2v) is 14.1. The number of carbonyl (C=O) groups is 2. The molecule has 238 valence electrons. The smallest absolute Gasteiger partial charge is 0.412 e. The molecule has 1 atom stereocenters. The number of carboxylic acids is 1. The van der Waals surface area contributed by atoms with Crippen LogP contribution in [0.1, 0.15) is 52.7 Å². The molecule has 4 rings (SSSR count). The molecule has 4 aromatic rings. The highest BCUT2D eigenvalue weighted by atomic mass is 32.2. The molecule has 45 heavy (non-hydrogen) atoms. The minimum absolute atomic E-state index is 0.00311. The van der Waals surface area contributed by atoms with Gasteiger partial charge >= 0.3 is 12.1 Å². The number of anilines is 1. The molecule has 1 amide bonds. The third kappa shape index (κ3) is 8.73. The summed E-state index contributed by atoms with van der Waals surface area (Å²) in [5.74, 6) is -2.10. The molecule has 0 radical (unpaired) electrons. The lowest BCUT2D eigenvalue weighted by Crippen LogP contribution is -2.42. The average Bonchev–Trinajstić information content (AvgIpc) is 3.41. The minimum atomic E-state index is -4.17. The minimum Gasteiger partial charge on any atom is -0.480 e. The number of benzene rings is 3. The van der Waals surface area contributed by atoms with E-state index in [-0.39, 0.29) is 39.6 Å². The molecule has 0 aliphatic carbocycles. The zero-order valence-corrected chi connectivity index (χ0v) is 26.5. The zero-order chi connectivity index (χ0) is 33.2. The average molecular weight is 639 g/mol. The van der Waals surface area contributed by atoms with Gasteiger partial charge in [0.15, 0.2) is 0 Å². The number of nitrogens with zero attached hydrogens (tertiary/aromatic N) is 2. The van der Waals surface area contributed by atoms with Crippen LogP contribution in [0.3, 0.4) is 0 Å². The fourth-order valence-electron chi connectivity index (χ4n) is 4.24. The molecular formula is C32H35FN4O7S. The molecule has 0 spiro atoms. The third-order valence-corrected chi connectivity index (χ3v) is 8.03. The Labute approximate surface area is 260 Å². The molecule has 1 aromatic heterocycles. The number of halogens is 1. The molecule has 1 unspecified atom stereocenters. The summed E-state index contributed by atoms with van der Waals surface area (Å²) < 4.78 is 53.8. The molecule has 13 heteroatoms. The quantitative estimate of drug-likeness (QED) is 0.195. The normalized spacial score (nSPS) is 12.9. The molecule has 0 fully saturated rings. The number of carbonyl (C=O) groups excluding carboxylic acids is 1. The number of nitrogens with one attached hydrogen (secondary N) is 2. The van der Waals surface area contributed by atoms with Crippen LogP contribution in [0.2, 0.25) is 0 Å². The molecule has 3 N–H and O–H groups in total. The first-order valence-corrected chi connectivity index (χ1v) is 15.5. The lowest BCUT2D eigenvalue weighted by atomic mass is 9.87. The van der Waals surface area contributed by atoms with Gasteiger partial charge in [-0.1, -0.05) is 44.1 Å². The topological polar surface area (TPSA) is 161 Å². The number of carboxylic acid groups (broad SMARTS) is 1. The fourth-order valence-corrected chi connectivity index (χ4v) is 5.43. The van der Waals surface area contributed by atoms with Crippen LogP contribution in [-0.2, 0) is 31.4 Å². The predicted octanol–water partition coefficient (Wildman–Crippen LogP) is 6.16. The van der Waals surface area contributed by atoms with Gasteiger partial charge in [0.1, 0.15) is 17.5 Å². The van der Waals surface area contributed by atoms with Crippen LogP contribution in [0.5, 0.6) is 0 Å². The van der Waals surface area contributed by atoms with Gasteiger partial charge in [0.25, 0.3) is 5.89 Å². The van der Waals surface area contributed by atoms with Crippen LogP contribution >= 0.6 is 0 Å². The highest BCUT2D eigenvalue weighted by molar-refractivity contribution is 7.89. The molecule has 0 saturated heterocycles. The molecule has 11 nitrogen and oxygen atoms in total. The largest absolute Gasteiger partial charge is 0.480 e. The maximum absolute atomic E-state index is 15.2. The first kappa shape index (κ1) is 33.3. The van der Waals surface area contributed by atoms with E-state index in [4.69, 9.17) is 9.26 Å². The molecule has 3 aromatic carbocycles. The summed E-state index contributed by atoms with van der Waals surface area (Å²) >= 11 is 0. The Morgan fingerprint density at radius 3 is 2.18 bits per heavy atom. The second-order valence-electron chi connectivity index (χ2n) is 12.4. The summed E-state index contributed by atoms with van der Waals surface area (Å²) in [4.78, 5) is 28.1. The second kappa shape index (κ2) is 12.8. The van der Waals surface area contributed by atoms with E-state index < -0.39 is 39.5 Å². The molecular weight excluding hydrogens is 603 g/mol. The molecule has 0 bridgehead atoms. The van der Waals surface area contributed by atoms with Gasteiger partial charge < -0.3 is 14.4 Å². The number of rotatable bonds is 9. The number of aliphatic carboxylic acids is 1. The Morgan fingerprint density at radius 2 is 1.62 bits per heavy atom. The van der Waals surface area contributed by atoms with Crippen LogP contribution in [0.25, 0.3) is 22.8 Å². The van der Waals surface area contributed by atoms with Crippen LogP contribution in [0.15, 0.2) is 76.1 Å². The maximum Gasteiger partial charge on any atom is 0.412 e. The van der Waals surface area contributed by atoms with Crippen molar-refractivity contribution in [3.63, 3.8) is 0 Å². The van der Waals surface area contributed by atoms with Gasteiger partial charge in [0.05, 0.1) is 10.5 Å². The SMILES string of the molecule is CC(C)(C)OC(=O)Nc1ccc(-c2nc(-c3ccc(CC(NS(=O)(=O)c4ccc(C(C)(C)C)cc4)C(=O)O)cc3F)no2)cc1. The van der Waals surface area contributed by atoms with E-state index >= 15 is 4.39 Å². The van der Waals surface area contributed by atoms with Gasteiger partial charge in [-0.15, -0.1) is 0 Å². The summed E-state index contributed by atoms with van der Waals surface area (Å²) in [6, 6.07) is 15.1. The van der Waals surface area contributed by atoms with Gasteiger partial charge in [-0.05, 0) is 92.3 Å². The Balaban J connectivity index is 1.45. The lowest BCUT2D eigenvalue weighted by molar-refractivity contribution is -0.138. The first-order chi connectivity index (χ1) is 20.9. The lowest BCUT2D eigenvalue weighted by Gasteiger charge is -2.20. The molecule has 0 aliphatic rings. The summed E-state index contributed by atoms with van der Waals surface area (Å²) in [7, 11) is -4.17. The summed E-state index contributed by atoms with van der Waals surface area (Å²) in [6.45, 7) is 11.2. The number of hydrogen-bond acceptors (Lipinski definition) is 8. The van der Waals surface area contributed by atoms with Crippen molar-refractivity contribution in [2.75, 3.05) is 5.32 Å². The van der Waals surface area contributed by atoms with E-state index in [9.17, 15) is 23.1 Å². The van der Waals surface area contributed by atoms with Crippen LogP contribution in [0, 0.1) is 5.82 Å². The van der Waals surface area contributed by atoms with Crippen molar-refractivity contribution in [1.82, 2.24) is 14.9 Å². The van der Waals surface area contributed by atoms with E-state index in [0.29, 0.717) is 11.3 Å². The van der Waals surface area contributed by atoms with E-state index in [0.717, 1.165) is 11.6 Å². The van der Waals surface area contributed by atoms with Crippen molar-refractivity contribution in [2.24, 2.45) is 0 Å².